The fourth-order valence-corrected chi connectivity index (χ4v) is 3.78. The van der Waals surface area contributed by atoms with Gasteiger partial charge in [0.15, 0.2) is 17.4 Å². The third-order valence-electron chi connectivity index (χ3n) is 4.61. The van der Waals surface area contributed by atoms with Crippen LogP contribution in [0, 0.1) is 18.6 Å². The smallest absolute Gasteiger partial charge is 0.418 e. The van der Waals surface area contributed by atoms with Crippen LogP contribution >= 0.6 is 0 Å². The Balaban J connectivity index is 2.01. The van der Waals surface area contributed by atoms with Crippen molar-refractivity contribution in [2.45, 2.75) is 45.5 Å². The Labute approximate surface area is 177 Å². The number of pyridine rings is 1. The molecule has 0 N–H and O–H groups in total. The summed E-state index contributed by atoms with van der Waals surface area (Å²) in [4.78, 5) is 4.03. The van der Waals surface area contributed by atoms with Crippen LogP contribution in [-0.4, -0.2) is 24.2 Å². The third-order valence-corrected chi connectivity index (χ3v) is 6.31. The first-order valence-electron chi connectivity index (χ1n) is 9.63. The van der Waals surface area contributed by atoms with Crippen molar-refractivity contribution in [1.82, 2.24) is 9.55 Å². The molecule has 0 saturated heterocycles. The van der Waals surface area contributed by atoms with E-state index in [1.807, 2.05) is 0 Å². The van der Waals surface area contributed by atoms with Gasteiger partial charge in [0.05, 0.1) is 10.9 Å². The molecule has 0 spiro atoms. The summed E-state index contributed by atoms with van der Waals surface area (Å²) in [5.74, 6) is -3.14. The van der Waals surface area contributed by atoms with E-state index in [1.165, 1.54) is 17.7 Å². The van der Waals surface area contributed by atoms with Gasteiger partial charge in [-0.1, -0.05) is 19.6 Å². The van der Waals surface area contributed by atoms with Crippen molar-refractivity contribution in [3.63, 3.8) is 0 Å². The number of benzene rings is 1. The van der Waals surface area contributed by atoms with Gasteiger partial charge in [-0.15, -0.1) is 0 Å². The maximum absolute atomic E-state index is 14.2. The van der Waals surface area contributed by atoms with Crippen molar-refractivity contribution in [1.29, 1.82) is 0 Å². The van der Waals surface area contributed by atoms with E-state index in [9.17, 15) is 22.0 Å². The molecule has 0 aliphatic rings. The summed E-state index contributed by atoms with van der Waals surface area (Å²) in [6, 6.07) is 4.08. The Morgan fingerprint density at radius 2 is 1.74 bits per heavy atom. The van der Waals surface area contributed by atoms with E-state index in [2.05, 4.69) is 24.6 Å². The lowest BCUT2D eigenvalue weighted by Gasteiger charge is -2.15. The quantitative estimate of drug-likeness (QED) is 0.223. The first-order chi connectivity index (χ1) is 14.4. The van der Waals surface area contributed by atoms with E-state index in [4.69, 9.17) is 9.47 Å². The van der Waals surface area contributed by atoms with Gasteiger partial charge >= 0.3 is 6.18 Å². The number of hydrogen-bond acceptors (Lipinski definition) is 3. The Bertz CT molecular complexity index is 1070. The summed E-state index contributed by atoms with van der Waals surface area (Å²) in [5.41, 5.74) is -0.752. The minimum atomic E-state index is -4.73. The minimum Gasteiger partial charge on any atom is -0.450 e. The maximum Gasteiger partial charge on any atom is 0.418 e. The number of rotatable bonds is 7. The van der Waals surface area contributed by atoms with Gasteiger partial charge in [-0.2, -0.15) is 13.2 Å². The fraction of sp³-hybridized carbons (Fsp3) is 0.381. The number of nitrogens with zero attached hydrogens (tertiary/aromatic N) is 2. The lowest BCUT2D eigenvalue weighted by Crippen LogP contribution is -2.22. The second kappa shape index (κ2) is 8.58. The average Bonchev–Trinajstić information content (AvgIpc) is 3.01. The molecule has 10 heteroatoms. The Kier molecular flexibility index (Phi) is 6.42. The average molecular weight is 459 g/mol. The first kappa shape index (κ1) is 23.2. The molecular formula is C21H23F5N2O2Si. The van der Waals surface area contributed by atoms with Crippen molar-refractivity contribution in [2.24, 2.45) is 0 Å². The molecule has 168 valence electrons. The Morgan fingerprint density at radius 3 is 2.32 bits per heavy atom. The number of aromatic nitrogens is 2. The van der Waals surface area contributed by atoms with Crippen LogP contribution < -0.4 is 4.74 Å². The van der Waals surface area contributed by atoms with Crippen LogP contribution in [0.3, 0.4) is 0 Å². The minimum absolute atomic E-state index is 0.0502. The van der Waals surface area contributed by atoms with E-state index in [0.717, 1.165) is 30.4 Å². The van der Waals surface area contributed by atoms with Crippen molar-refractivity contribution in [3.8, 4) is 11.5 Å². The number of halogens is 5. The zero-order valence-corrected chi connectivity index (χ0v) is 18.6. The lowest BCUT2D eigenvalue weighted by molar-refractivity contribution is -0.136. The topological polar surface area (TPSA) is 36.3 Å². The highest BCUT2D eigenvalue weighted by Gasteiger charge is 2.36. The third kappa shape index (κ3) is 5.42. The van der Waals surface area contributed by atoms with E-state index < -0.39 is 37.2 Å². The predicted molar refractivity (Wildman–Crippen MR) is 110 cm³/mol. The van der Waals surface area contributed by atoms with Crippen molar-refractivity contribution in [2.75, 3.05) is 6.61 Å². The van der Waals surface area contributed by atoms with E-state index in [0.29, 0.717) is 12.2 Å². The van der Waals surface area contributed by atoms with Crippen molar-refractivity contribution >= 4 is 19.1 Å². The van der Waals surface area contributed by atoms with Crippen LogP contribution in [0.25, 0.3) is 11.0 Å². The largest absolute Gasteiger partial charge is 0.450 e. The van der Waals surface area contributed by atoms with Gasteiger partial charge in [-0.25, -0.2) is 13.8 Å². The van der Waals surface area contributed by atoms with Crippen molar-refractivity contribution in [3.05, 3.63) is 53.4 Å². The monoisotopic (exact) mass is 458 g/mol. The van der Waals surface area contributed by atoms with Gasteiger partial charge < -0.3 is 14.0 Å². The van der Waals surface area contributed by atoms with Crippen LogP contribution in [0.4, 0.5) is 22.0 Å². The molecule has 0 fully saturated rings. The molecule has 0 atom stereocenters. The zero-order chi connectivity index (χ0) is 23.0. The summed E-state index contributed by atoms with van der Waals surface area (Å²) in [7, 11) is -1.36. The Hall–Kier alpha value is -2.46. The normalized spacial score (nSPS) is 12.5. The first-order valence-corrected chi connectivity index (χ1v) is 13.3. The van der Waals surface area contributed by atoms with E-state index >= 15 is 0 Å². The zero-order valence-electron chi connectivity index (χ0n) is 17.6. The molecule has 0 saturated carbocycles. The van der Waals surface area contributed by atoms with Gasteiger partial charge in [0.25, 0.3) is 0 Å². The summed E-state index contributed by atoms with van der Waals surface area (Å²) in [5, 5.41) is -0.386. The number of aryl methyl sites for hydroxylation is 1. The number of fused-ring (bicyclic) bond motifs is 1. The highest BCUT2D eigenvalue weighted by Crippen LogP contribution is 2.41. The van der Waals surface area contributed by atoms with Gasteiger partial charge in [0, 0.05) is 27.1 Å². The van der Waals surface area contributed by atoms with Crippen LogP contribution in [0.1, 0.15) is 11.1 Å². The van der Waals surface area contributed by atoms with Gasteiger partial charge in [-0.05, 0) is 36.7 Å². The molecule has 3 rings (SSSR count). The molecular weight excluding hydrogens is 435 g/mol. The van der Waals surface area contributed by atoms with Gasteiger partial charge in [-0.3, -0.25) is 0 Å². The summed E-state index contributed by atoms with van der Waals surface area (Å²) in [6.45, 7) is 8.26. The van der Waals surface area contributed by atoms with E-state index in [-0.39, 0.29) is 23.5 Å². The lowest BCUT2D eigenvalue weighted by atomic mass is 10.2. The molecule has 3 aromatic rings. The molecule has 0 bridgehead atoms. The molecule has 0 aliphatic heterocycles. The maximum atomic E-state index is 14.2. The second-order valence-corrected chi connectivity index (χ2v) is 14.1. The highest BCUT2D eigenvalue weighted by molar-refractivity contribution is 6.76. The SMILES string of the molecule is Cc1cc(F)c(Oc2ccnc3c2c(C(F)(F)F)cn3COCC[Si](C)(C)C)c(F)c1. The summed E-state index contributed by atoms with van der Waals surface area (Å²) in [6.07, 6.45) is -2.63. The van der Waals surface area contributed by atoms with Crippen LogP contribution in [0.5, 0.6) is 11.5 Å². The predicted octanol–water partition coefficient (Wildman–Crippen LogP) is 6.75. The molecule has 31 heavy (non-hydrogen) atoms. The summed E-state index contributed by atoms with van der Waals surface area (Å²) < 4.78 is 81.7. The molecule has 2 aromatic heterocycles. The highest BCUT2D eigenvalue weighted by atomic mass is 28.3. The van der Waals surface area contributed by atoms with Crippen LogP contribution in [-0.2, 0) is 17.6 Å². The Morgan fingerprint density at radius 1 is 1.10 bits per heavy atom. The van der Waals surface area contributed by atoms with Crippen molar-refractivity contribution < 1.29 is 31.4 Å². The molecule has 4 nitrogen and oxygen atoms in total. The molecule has 2 heterocycles. The molecule has 0 radical (unpaired) electrons. The fourth-order valence-electron chi connectivity index (χ4n) is 3.02. The molecule has 1 aromatic carbocycles. The number of hydrogen-bond donors (Lipinski definition) is 0. The standard InChI is InChI=1S/C21H23F5N2O2Si/c1-13-9-15(22)19(16(23)10-13)30-17-5-6-27-20-18(17)14(21(24,25)26)11-28(20)12-29-7-8-31(2,3)4/h5-6,9-11H,7-8,12H2,1-4H3. The second-order valence-electron chi connectivity index (χ2n) is 8.53. The van der Waals surface area contributed by atoms with Gasteiger partial charge in [0.1, 0.15) is 18.1 Å². The van der Waals surface area contributed by atoms with Gasteiger partial charge in [0.2, 0.25) is 0 Å². The molecule has 0 aliphatic carbocycles. The molecule has 0 unspecified atom stereocenters. The summed E-state index contributed by atoms with van der Waals surface area (Å²) >= 11 is 0. The van der Waals surface area contributed by atoms with Crippen LogP contribution in [0.2, 0.25) is 25.7 Å². The molecule has 0 amide bonds. The number of alkyl halides is 3. The van der Waals surface area contributed by atoms with Crippen LogP contribution in [0.15, 0.2) is 30.6 Å². The number of ether oxygens (including phenoxy) is 2. The van der Waals surface area contributed by atoms with E-state index in [1.54, 1.807) is 0 Å².